The van der Waals surface area contributed by atoms with E-state index < -0.39 is 0 Å². The zero-order valence-corrected chi connectivity index (χ0v) is 15.4. The average Bonchev–Trinajstić information content (AvgIpc) is 3.05. The van der Waals surface area contributed by atoms with E-state index >= 15 is 0 Å². The lowest BCUT2D eigenvalue weighted by Crippen LogP contribution is -2.37. The third kappa shape index (κ3) is 3.18. The van der Waals surface area contributed by atoms with E-state index in [1.165, 1.54) is 4.88 Å². The smallest absolute Gasteiger partial charge is 0.261 e. The number of nitrogens with zero attached hydrogens (tertiary/aromatic N) is 4. The molecule has 25 heavy (non-hydrogen) atoms. The van der Waals surface area contributed by atoms with Crippen molar-refractivity contribution in [2.45, 2.75) is 33.2 Å². The fourth-order valence-electron chi connectivity index (χ4n) is 3.55. The molecule has 3 heterocycles. The molecule has 130 valence electrons. The first kappa shape index (κ1) is 16.3. The Hall–Kier alpha value is -2.21. The van der Waals surface area contributed by atoms with Gasteiger partial charge in [-0.1, -0.05) is 12.1 Å². The number of thiazole rings is 1. The van der Waals surface area contributed by atoms with E-state index in [1.54, 1.807) is 11.3 Å². The minimum absolute atomic E-state index is 0.0843. The maximum Gasteiger partial charge on any atom is 0.261 e. The number of anilines is 1. The van der Waals surface area contributed by atoms with Crippen LogP contribution in [0.25, 0.3) is 10.9 Å². The molecule has 0 N–H and O–H groups in total. The van der Waals surface area contributed by atoms with Crippen LogP contribution < -0.4 is 10.5 Å². The van der Waals surface area contributed by atoms with E-state index in [-0.39, 0.29) is 5.56 Å². The first-order valence-electron chi connectivity index (χ1n) is 8.75. The van der Waals surface area contributed by atoms with Crippen LogP contribution in [0.1, 0.15) is 23.5 Å². The lowest BCUT2D eigenvalue weighted by Gasteiger charge is -2.32. The van der Waals surface area contributed by atoms with Gasteiger partial charge in [0, 0.05) is 30.7 Å². The van der Waals surface area contributed by atoms with Gasteiger partial charge in [0.15, 0.2) is 5.13 Å². The Morgan fingerprint density at radius 3 is 2.68 bits per heavy atom. The molecular formula is C19H22N4OS. The van der Waals surface area contributed by atoms with E-state index in [9.17, 15) is 4.79 Å². The Balaban J connectivity index is 1.50. The number of rotatable bonds is 3. The number of aryl methyl sites for hydroxylation is 2. The van der Waals surface area contributed by atoms with Crippen molar-refractivity contribution in [1.29, 1.82) is 0 Å². The minimum atomic E-state index is 0.0843. The second kappa shape index (κ2) is 6.59. The molecule has 1 aliphatic rings. The van der Waals surface area contributed by atoms with Crippen LogP contribution >= 0.6 is 11.3 Å². The maximum absolute atomic E-state index is 12.8. The molecule has 0 bridgehead atoms. The molecular weight excluding hydrogens is 332 g/mol. The van der Waals surface area contributed by atoms with E-state index in [0.717, 1.165) is 48.9 Å². The third-order valence-corrected chi connectivity index (χ3v) is 5.96. The summed E-state index contributed by atoms with van der Waals surface area (Å²) in [5.74, 6) is 1.32. The normalized spacial score (nSPS) is 15.8. The summed E-state index contributed by atoms with van der Waals surface area (Å²) in [4.78, 5) is 25.5. The highest BCUT2D eigenvalue weighted by Gasteiger charge is 2.22. The van der Waals surface area contributed by atoms with Gasteiger partial charge in [0.2, 0.25) is 0 Å². The van der Waals surface area contributed by atoms with Crippen molar-refractivity contribution in [2.75, 3.05) is 18.0 Å². The molecule has 1 fully saturated rings. The summed E-state index contributed by atoms with van der Waals surface area (Å²) in [6.07, 6.45) is 4.10. The number of aromatic nitrogens is 3. The van der Waals surface area contributed by atoms with Gasteiger partial charge >= 0.3 is 0 Å². The molecule has 5 nitrogen and oxygen atoms in total. The quantitative estimate of drug-likeness (QED) is 0.723. The summed E-state index contributed by atoms with van der Waals surface area (Å²) in [5, 5.41) is 1.83. The predicted molar refractivity (Wildman–Crippen MR) is 103 cm³/mol. The minimum Gasteiger partial charge on any atom is -0.348 e. The molecule has 4 rings (SSSR count). The summed E-state index contributed by atoms with van der Waals surface area (Å²) in [6.45, 7) is 6.79. The van der Waals surface area contributed by atoms with Gasteiger partial charge in [-0.15, -0.1) is 11.3 Å². The topological polar surface area (TPSA) is 51.0 Å². The molecule has 2 aromatic heterocycles. The molecule has 3 aromatic rings. The molecule has 0 spiro atoms. The highest BCUT2D eigenvalue weighted by atomic mass is 32.1. The summed E-state index contributed by atoms with van der Waals surface area (Å²) < 4.78 is 1.86. The van der Waals surface area contributed by atoms with Gasteiger partial charge in [-0.3, -0.25) is 9.36 Å². The van der Waals surface area contributed by atoms with Crippen molar-refractivity contribution in [3.8, 4) is 0 Å². The average molecular weight is 354 g/mol. The van der Waals surface area contributed by atoms with Crippen LogP contribution in [0.3, 0.4) is 0 Å². The van der Waals surface area contributed by atoms with Crippen LogP contribution in [0.5, 0.6) is 0 Å². The largest absolute Gasteiger partial charge is 0.348 e. The maximum atomic E-state index is 12.8. The first-order chi connectivity index (χ1) is 12.1. The molecule has 0 unspecified atom stereocenters. The summed E-state index contributed by atoms with van der Waals surface area (Å²) in [5.41, 5.74) is 0.872. The zero-order chi connectivity index (χ0) is 17.4. The number of piperidine rings is 1. The number of hydrogen-bond donors (Lipinski definition) is 0. The Kier molecular flexibility index (Phi) is 4.29. The van der Waals surface area contributed by atoms with Gasteiger partial charge in [-0.05, 0) is 44.7 Å². The molecule has 0 atom stereocenters. The summed E-state index contributed by atoms with van der Waals surface area (Å²) in [7, 11) is 0. The second-order valence-corrected chi connectivity index (χ2v) is 7.99. The van der Waals surface area contributed by atoms with E-state index in [0.29, 0.717) is 11.3 Å². The van der Waals surface area contributed by atoms with Crippen LogP contribution in [-0.2, 0) is 6.54 Å². The molecule has 0 saturated carbocycles. The fourth-order valence-corrected chi connectivity index (χ4v) is 4.36. The molecule has 0 radical (unpaired) electrons. The standard InChI is InChI=1S/C19H22N4OS/c1-13-11-20-19(25-13)22-9-7-15(8-10-22)12-23-14(2)21-17-6-4-3-5-16(17)18(23)24/h3-6,11,15H,7-10,12H2,1-2H3. The first-order valence-corrected chi connectivity index (χ1v) is 9.57. The predicted octanol–water partition coefficient (Wildman–Crippen LogP) is 3.39. The Labute approximate surface area is 151 Å². The van der Waals surface area contributed by atoms with Crippen LogP contribution in [0.4, 0.5) is 5.13 Å². The SMILES string of the molecule is Cc1cnc(N2CCC(Cn3c(C)nc4ccccc4c3=O)CC2)s1. The van der Waals surface area contributed by atoms with Gasteiger partial charge in [-0.25, -0.2) is 9.97 Å². The molecule has 1 aliphatic heterocycles. The summed E-state index contributed by atoms with van der Waals surface area (Å²) in [6, 6.07) is 7.60. The van der Waals surface area contributed by atoms with Crippen molar-refractivity contribution in [1.82, 2.24) is 14.5 Å². The van der Waals surface area contributed by atoms with Gasteiger partial charge in [0.1, 0.15) is 5.82 Å². The van der Waals surface area contributed by atoms with Crippen molar-refractivity contribution < 1.29 is 0 Å². The zero-order valence-electron chi connectivity index (χ0n) is 14.6. The van der Waals surface area contributed by atoms with E-state index in [4.69, 9.17) is 0 Å². The Morgan fingerprint density at radius 2 is 1.96 bits per heavy atom. The lowest BCUT2D eigenvalue weighted by atomic mass is 9.97. The van der Waals surface area contributed by atoms with Crippen molar-refractivity contribution >= 4 is 27.4 Å². The lowest BCUT2D eigenvalue weighted by molar-refractivity contribution is 0.348. The van der Waals surface area contributed by atoms with Crippen LogP contribution in [0.15, 0.2) is 35.3 Å². The van der Waals surface area contributed by atoms with Crippen LogP contribution in [-0.4, -0.2) is 27.6 Å². The monoisotopic (exact) mass is 354 g/mol. The Morgan fingerprint density at radius 1 is 1.20 bits per heavy atom. The summed E-state index contributed by atoms with van der Waals surface area (Å²) >= 11 is 1.76. The molecule has 1 aromatic carbocycles. The Bertz CT molecular complexity index is 953. The highest BCUT2D eigenvalue weighted by molar-refractivity contribution is 7.15. The van der Waals surface area contributed by atoms with Crippen molar-refractivity contribution in [2.24, 2.45) is 5.92 Å². The fraction of sp³-hybridized carbons (Fsp3) is 0.421. The second-order valence-electron chi connectivity index (χ2n) is 6.78. The van der Waals surface area contributed by atoms with Gasteiger partial charge < -0.3 is 4.90 Å². The van der Waals surface area contributed by atoms with Crippen LogP contribution in [0, 0.1) is 19.8 Å². The molecule has 0 amide bonds. The molecule has 6 heteroatoms. The van der Waals surface area contributed by atoms with E-state index in [1.807, 2.05) is 42.0 Å². The highest BCUT2D eigenvalue weighted by Crippen LogP contribution is 2.27. The number of hydrogen-bond acceptors (Lipinski definition) is 5. The van der Waals surface area contributed by atoms with Crippen molar-refractivity contribution in [3.63, 3.8) is 0 Å². The van der Waals surface area contributed by atoms with Gasteiger partial charge in [-0.2, -0.15) is 0 Å². The number of benzene rings is 1. The van der Waals surface area contributed by atoms with Crippen molar-refractivity contribution in [3.05, 3.63) is 51.5 Å². The van der Waals surface area contributed by atoms with Crippen LogP contribution in [0.2, 0.25) is 0 Å². The molecule has 1 saturated heterocycles. The van der Waals surface area contributed by atoms with Gasteiger partial charge in [0.05, 0.1) is 10.9 Å². The van der Waals surface area contributed by atoms with Gasteiger partial charge in [0.25, 0.3) is 5.56 Å². The third-order valence-electron chi connectivity index (χ3n) is 4.99. The number of fused-ring (bicyclic) bond motifs is 1. The molecule has 0 aliphatic carbocycles. The van der Waals surface area contributed by atoms with E-state index in [2.05, 4.69) is 21.8 Å². The number of para-hydroxylation sites is 1.